The number of rotatable bonds is 9. The largest absolute Gasteiger partial charge is 0.494 e. The van der Waals surface area contributed by atoms with Crippen molar-refractivity contribution in [3.63, 3.8) is 0 Å². The number of hydrogen-bond donors (Lipinski definition) is 2. The number of carbonyl (C=O) groups is 2. The van der Waals surface area contributed by atoms with E-state index in [-0.39, 0.29) is 24.3 Å². The van der Waals surface area contributed by atoms with Crippen LogP contribution in [-0.2, 0) is 4.79 Å². The minimum atomic E-state index is -0.238. The molecule has 6 heteroatoms. The number of benzene rings is 3. The van der Waals surface area contributed by atoms with Crippen molar-refractivity contribution in [1.29, 1.82) is 0 Å². The molecule has 3 aromatic rings. The summed E-state index contributed by atoms with van der Waals surface area (Å²) >= 11 is 5.85. The lowest BCUT2D eigenvalue weighted by Gasteiger charge is -2.16. The van der Waals surface area contributed by atoms with Crippen molar-refractivity contribution in [2.45, 2.75) is 25.8 Å². The van der Waals surface area contributed by atoms with Crippen molar-refractivity contribution < 1.29 is 14.3 Å². The lowest BCUT2D eigenvalue weighted by atomic mass is 10.1. The number of nitrogens with one attached hydrogen (secondary N) is 2. The van der Waals surface area contributed by atoms with Gasteiger partial charge in [-0.1, -0.05) is 54.1 Å². The third-order valence-electron chi connectivity index (χ3n) is 4.72. The Morgan fingerprint density at radius 3 is 2.35 bits per heavy atom. The Morgan fingerprint density at radius 1 is 0.935 bits per heavy atom. The van der Waals surface area contributed by atoms with Crippen molar-refractivity contribution in [1.82, 2.24) is 5.32 Å². The van der Waals surface area contributed by atoms with E-state index in [9.17, 15) is 9.59 Å². The molecule has 0 aliphatic rings. The molecule has 0 aliphatic heterocycles. The summed E-state index contributed by atoms with van der Waals surface area (Å²) in [6.07, 6.45) is 0.831. The van der Waals surface area contributed by atoms with Crippen LogP contribution in [0.3, 0.4) is 0 Å². The number of hydrogen-bond acceptors (Lipinski definition) is 3. The highest BCUT2D eigenvalue weighted by Crippen LogP contribution is 2.19. The quantitative estimate of drug-likeness (QED) is 0.427. The summed E-state index contributed by atoms with van der Waals surface area (Å²) in [6.45, 7) is 2.33. The monoisotopic (exact) mass is 436 g/mol. The van der Waals surface area contributed by atoms with E-state index in [2.05, 4.69) is 10.6 Å². The molecule has 3 aromatic carbocycles. The van der Waals surface area contributed by atoms with Gasteiger partial charge in [0.1, 0.15) is 5.75 Å². The molecule has 0 radical (unpaired) electrons. The van der Waals surface area contributed by atoms with Crippen LogP contribution in [0.1, 0.15) is 41.7 Å². The molecule has 1 atom stereocenters. The van der Waals surface area contributed by atoms with Crippen molar-refractivity contribution in [2.75, 3.05) is 11.9 Å². The lowest BCUT2D eigenvalue weighted by molar-refractivity contribution is -0.116. The second-order valence-electron chi connectivity index (χ2n) is 7.11. The van der Waals surface area contributed by atoms with Gasteiger partial charge in [-0.15, -0.1) is 0 Å². The normalized spacial score (nSPS) is 11.4. The summed E-state index contributed by atoms with van der Waals surface area (Å²) in [7, 11) is 0. The number of amides is 2. The fourth-order valence-corrected chi connectivity index (χ4v) is 3.18. The maximum atomic E-state index is 12.8. The first-order chi connectivity index (χ1) is 15.0. The number of carbonyl (C=O) groups excluding carboxylic acids is 2. The Bertz CT molecular complexity index is 1010. The van der Waals surface area contributed by atoms with Crippen LogP contribution in [0.4, 0.5) is 5.69 Å². The second-order valence-corrected chi connectivity index (χ2v) is 7.54. The van der Waals surface area contributed by atoms with Gasteiger partial charge in [0, 0.05) is 11.4 Å². The van der Waals surface area contributed by atoms with Gasteiger partial charge >= 0.3 is 0 Å². The van der Waals surface area contributed by atoms with Crippen molar-refractivity contribution >= 4 is 29.1 Å². The zero-order valence-electron chi connectivity index (χ0n) is 17.3. The van der Waals surface area contributed by atoms with Crippen molar-refractivity contribution in [2.24, 2.45) is 0 Å². The topological polar surface area (TPSA) is 67.4 Å². The molecule has 0 bridgehead atoms. The van der Waals surface area contributed by atoms with E-state index in [1.165, 1.54) is 0 Å². The van der Waals surface area contributed by atoms with E-state index in [1.807, 2.05) is 37.3 Å². The molecule has 3 rings (SSSR count). The smallest absolute Gasteiger partial charge is 0.253 e. The molecule has 2 amide bonds. The van der Waals surface area contributed by atoms with E-state index in [0.717, 1.165) is 5.56 Å². The average Bonchev–Trinajstić information content (AvgIpc) is 2.79. The fraction of sp³-hybridized carbons (Fsp3) is 0.200. The van der Waals surface area contributed by atoms with Crippen molar-refractivity contribution in [3.8, 4) is 5.75 Å². The molecule has 5 nitrogen and oxygen atoms in total. The molecule has 0 saturated carbocycles. The van der Waals surface area contributed by atoms with Gasteiger partial charge in [-0.3, -0.25) is 9.59 Å². The highest BCUT2D eigenvalue weighted by atomic mass is 35.5. The van der Waals surface area contributed by atoms with Crippen LogP contribution in [0, 0.1) is 0 Å². The van der Waals surface area contributed by atoms with E-state index >= 15 is 0 Å². The zero-order chi connectivity index (χ0) is 22.1. The number of ether oxygens (including phenoxy) is 1. The molecular weight excluding hydrogens is 412 g/mol. The highest BCUT2D eigenvalue weighted by Gasteiger charge is 2.16. The lowest BCUT2D eigenvalue weighted by Crippen LogP contribution is -2.28. The molecule has 0 spiro atoms. The average molecular weight is 437 g/mol. The molecular formula is C25H25ClN2O3. The Hall–Kier alpha value is -3.31. The number of para-hydroxylation sites is 1. The summed E-state index contributed by atoms with van der Waals surface area (Å²) in [4.78, 5) is 25.2. The minimum Gasteiger partial charge on any atom is -0.494 e. The molecule has 160 valence electrons. The first-order valence-electron chi connectivity index (χ1n) is 10.2. The Labute approximate surface area is 187 Å². The summed E-state index contributed by atoms with van der Waals surface area (Å²) in [5.41, 5.74) is 1.93. The van der Waals surface area contributed by atoms with Crippen LogP contribution in [0.25, 0.3) is 0 Å². The predicted molar refractivity (Wildman–Crippen MR) is 124 cm³/mol. The molecule has 1 unspecified atom stereocenters. The van der Waals surface area contributed by atoms with E-state index in [0.29, 0.717) is 35.1 Å². The number of halogens is 1. The van der Waals surface area contributed by atoms with Crippen LogP contribution in [0.2, 0.25) is 5.02 Å². The number of anilines is 1. The van der Waals surface area contributed by atoms with Crippen LogP contribution in [0.15, 0.2) is 78.9 Å². The summed E-state index contributed by atoms with van der Waals surface area (Å²) < 4.78 is 5.61. The molecule has 2 N–H and O–H groups in total. The highest BCUT2D eigenvalue weighted by molar-refractivity contribution is 6.30. The molecule has 0 saturated heterocycles. The van der Waals surface area contributed by atoms with E-state index in [1.54, 1.807) is 48.5 Å². The first-order valence-corrected chi connectivity index (χ1v) is 10.5. The van der Waals surface area contributed by atoms with Crippen LogP contribution < -0.4 is 15.4 Å². The molecule has 0 aliphatic carbocycles. The summed E-state index contributed by atoms with van der Waals surface area (Å²) in [5, 5.41) is 6.46. The van der Waals surface area contributed by atoms with Gasteiger partial charge in [-0.05, 0) is 55.3 Å². The minimum absolute atomic E-state index is 0.150. The zero-order valence-corrected chi connectivity index (χ0v) is 18.1. The van der Waals surface area contributed by atoms with Gasteiger partial charge < -0.3 is 15.4 Å². The van der Waals surface area contributed by atoms with Gasteiger partial charge in [0.15, 0.2) is 0 Å². The maximum Gasteiger partial charge on any atom is 0.253 e. The molecule has 0 heterocycles. The van der Waals surface area contributed by atoms with Gasteiger partial charge in [-0.2, -0.15) is 0 Å². The first kappa shape index (κ1) is 22.4. The van der Waals surface area contributed by atoms with Gasteiger partial charge in [-0.25, -0.2) is 0 Å². The Kier molecular flexibility index (Phi) is 8.07. The maximum absolute atomic E-state index is 12.8. The van der Waals surface area contributed by atoms with E-state index in [4.69, 9.17) is 16.3 Å². The van der Waals surface area contributed by atoms with Crippen LogP contribution in [0.5, 0.6) is 5.75 Å². The molecule has 0 aromatic heterocycles. The molecule has 0 fully saturated rings. The van der Waals surface area contributed by atoms with Crippen LogP contribution >= 0.6 is 11.6 Å². The summed E-state index contributed by atoms with van der Waals surface area (Å²) in [6, 6.07) is 23.6. The Morgan fingerprint density at radius 2 is 1.61 bits per heavy atom. The fourth-order valence-electron chi connectivity index (χ4n) is 3.06. The van der Waals surface area contributed by atoms with Crippen LogP contribution in [-0.4, -0.2) is 18.4 Å². The second kappa shape index (κ2) is 11.2. The van der Waals surface area contributed by atoms with Gasteiger partial charge in [0.2, 0.25) is 5.91 Å². The SMILES string of the molecule is CC(NC(=O)c1ccccc1NC(=O)CCCOc1ccc(Cl)cc1)c1ccccc1. The predicted octanol–water partition coefficient (Wildman–Crippen LogP) is 5.63. The van der Waals surface area contributed by atoms with Crippen molar-refractivity contribution in [3.05, 3.63) is 95.0 Å². The molecule has 31 heavy (non-hydrogen) atoms. The van der Waals surface area contributed by atoms with Gasteiger partial charge in [0.25, 0.3) is 5.91 Å². The standard InChI is InChI=1S/C25H25ClN2O3/c1-18(19-8-3-2-4-9-19)27-25(30)22-10-5-6-11-23(22)28-24(29)12-7-17-31-21-15-13-20(26)14-16-21/h2-6,8-11,13-16,18H,7,12,17H2,1H3,(H,27,30)(H,28,29). The third-order valence-corrected chi connectivity index (χ3v) is 4.98. The third kappa shape index (κ3) is 6.86. The Balaban J connectivity index is 1.51. The van der Waals surface area contributed by atoms with E-state index < -0.39 is 0 Å². The summed E-state index contributed by atoms with van der Waals surface area (Å²) in [5.74, 6) is 0.300. The van der Waals surface area contributed by atoms with Gasteiger partial charge in [0.05, 0.1) is 23.9 Å².